The van der Waals surface area contributed by atoms with Gasteiger partial charge in [-0.05, 0) is 29.6 Å². The Labute approximate surface area is 113 Å². The van der Waals surface area contributed by atoms with E-state index in [-0.39, 0.29) is 0 Å². The molecule has 1 aromatic carbocycles. The summed E-state index contributed by atoms with van der Waals surface area (Å²) in [6.07, 6.45) is 0.862. The van der Waals surface area contributed by atoms with E-state index in [9.17, 15) is 5.11 Å². The summed E-state index contributed by atoms with van der Waals surface area (Å²) >= 11 is 4.77. The van der Waals surface area contributed by atoms with Crippen molar-refractivity contribution < 1.29 is 5.11 Å². The minimum absolute atomic E-state index is 0.524. The van der Waals surface area contributed by atoms with Crippen LogP contribution in [0.4, 0.5) is 0 Å². The molecule has 1 aromatic heterocycles. The first-order valence-electron chi connectivity index (χ1n) is 5.45. The number of aryl methyl sites for hydroxylation is 1. The lowest BCUT2D eigenvalue weighted by Crippen LogP contribution is -2.03. The molecule has 5 heteroatoms. The summed E-state index contributed by atoms with van der Waals surface area (Å²) in [4.78, 5) is 0.878. The lowest BCUT2D eigenvalue weighted by atomic mass is 10.1. The van der Waals surface area contributed by atoms with Gasteiger partial charge in [-0.25, -0.2) is 0 Å². The maximum atomic E-state index is 10.2. The zero-order chi connectivity index (χ0) is 12.3. The van der Waals surface area contributed by atoms with E-state index in [4.69, 9.17) is 0 Å². The number of hydrogen-bond acceptors (Lipinski definition) is 4. The van der Waals surface area contributed by atoms with Crippen LogP contribution in [-0.2, 0) is 12.8 Å². The van der Waals surface area contributed by atoms with Gasteiger partial charge in [0, 0.05) is 10.9 Å². The molecule has 2 rings (SSSR count). The Morgan fingerprint density at radius 3 is 2.88 bits per heavy atom. The topological polar surface area (TPSA) is 46.0 Å². The molecule has 2 aromatic rings. The highest BCUT2D eigenvalue weighted by Gasteiger charge is 2.17. The molecule has 0 fully saturated rings. The molecular weight excluding hydrogens is 300 g/mol. The third-order valence-electron chi connectivity index (χ3n) is 2.59. The fourth-order valence-corrected chi connectivity index (χ4v) is 2.85. The smallest absolute Gasteiger partial charge is 0.0957 e. The number of hydrogen-bond donors (Lipinski definition) is 1. The maximum absolute atomic E-state index is 10.2. The molecule has 0 bridgehead atoms. The van der Waals surface area contributed by atoms with Crippen LogP contribution in [0.2, 0.25) is 0 Å². The SMILES string of the molecule is CCc1nnsc1C(O)Cc1ccccc1Br. The average molecular weight is 313 g/mol. The highest BCUT2D eigenvalue weighted by atomic mass is 79.9. The molecule has 3 nitrogen and oxygen atoms in total. The van der Waals surface area contributed by atoms with Crippen LogP contribution < -0.4 is 0 Å². The number of rotatable bonds is 4. The summed E-state index contributed by atoms with van der Waals surface area (Å²) in [5.74, 6) is 0. The van der Waals surface area contributed by atoms with Gasteiger partial charge in [-0.2, -0.15) is 0 Å². The van der Waals surface area contributed by atoms with E-state index in [2.05, 4.69) is 25.5 Å². The molecule has 0 spiro atoms. The van der Waals surface area contributed by atoms with Gasteiger partial charge >= 0.3 is 0 Å². The lowest BCUT2D eigenvalue weighted by molar-refractivity contribution is 0.181. The molecule has 1 N–H and O–H groups in total. The van der Waals surface area contributed by atoms with E-state index >= 15 is 0 Å². The molecule has 1 unspecified atom stereocenters. The van der Waals surface area contributed by atoms with E-state index in [0.717, 1.165) is 27.0 Å². The summed E-state index contributed by atoms with van der Waals surface area (Å²) < 4.78 is 4.92. The molecule has 17 heavy (non-hydrogen) atoms. The Kier molecular flexibility index (Phi) is 4.25. The lowest BCUT2D eigenvalue weighted by Gasteiger charge is -2.10. The van der Waals surface area contributed by atoms with Gasteiger partial charge in [0.05, 0.1) is 16.7 Å². The van der Waals surface area contributed by atoms with Crippen molar-refractivity contribution in [3.63, 3.8) is 0 Å². The first kappa shape index (κ1) is 12.7. The molecule has 0 aliphatic rings. The van der Waals surface area contributed by atoms with Crippen molar-refractivity contribution >= 4 is 27.5 Å². The zero-order valence-electron chi connectivity index (χ0n) is 9.43. The molecular formula is C12H13BrN2OS. The minimum Gasteiger partial charge on any atom is -0.387 e. The van der Waals surface area contributed by atoms with Crippen molar-refractivity contribution in [2.75, 3.05) is 0 Å². The third kappa shape index (κ3) is 2.91. The van der Waals surface area contributed by atoms with E-state index in [1.165, 1.54) is 11.5 Å². The first-order chi connectivity index (χ1) is 8.22. The van der Waals surface area contributed by atoms with Crippen LogP contribution in [0, 0.1) is 0 Å². The van der Waals surface area contributed by atoms with Crippen LogP contribution in [0.3, 0.4) is 0 Å². The Bertz CT molecular complexity index is 501. The summed E-state index contributed by atoms with van der Waals surface area (Å²) in [5.41, 5.74) is 1.99. The van der Waals surface area contributed by atoms with Crippen LogP contribution >= 0.6 is 27.5 Å². The van der Waals surface area contributed by atoms with Crippen molar-refractivity contribution in [2.24, 2.45) is 0 Å². The molecule has 1 atom stereocenters. The quantitative estimate of drug-likeness (QED) is 0.943. The zero-order valence-corrected chi connectivity index (χ0v) is 11.8. The Balaban J connectivity index is 2.17. The van der Waals surface area contributed by atoms with Gasteiger partial charge < -0.3 is 5.11 Å². The van der Waals surface area contributed by atoms with Crippen molar-refractivity contribution in [1.29, 1.82) is 0 Å². The van der Waals surface area contributed by atoms with Crippen LogP contribution in [0.25, 0.3) is 0 Å². The standard InChI is InChI=1S/C12H13BrN2OS/c1-2-10-12(17-15-14-10)11(16)7-8-5-3-4-6-9(8)13/h3-6,11,16H,2,7H2,1H3. The summed E-state index contributed by atoms with van der Waals surface area (Å²) in [6, 6.07) is 7.92. The van der Waals surface area contributed by atoms with Crippen molar-refractivity contribution in [3.8, 4) is 0 Å². The van der Waals surface area contributed by atoms with E-state index < -0.39 is 6.10 Å². The van der Waals surface area contributed by atoms with Crippen LogP contribution in [0.1, 0.15) is 29.2 Å². The fraction of sp³-hybridized carbons (Fsp3) is 0.333. The normalized spacial score (nSPS) is 12.6. The molecule has 0 amide bonds. The highest BCUT2D eigenvalue weighted by molar-refractivity contribution is 9.10. The maximum Gasteiger partial charge on any atom is 0.0957 e. The molecule has 90 valence electrons. The Morgan fingerprint density at radius 1 is 1.41 bits per heavy atom. The Morgan fingerprint density at radius 2 is 2.18 bits per heavy atom. The van der Waals surface area contributed by atoms with E-state index in [0.29, 0.717) is 6.42 Å². The summed E-state index contributed by atoms with van der Waals surface area (Å²) in [6.45, 7) is 2.02. The van der Waals surface area contributed by atoms with Crippen LogP contribution in [0.15, 0.2) is 28.7 Å². The van der Waals surface area contributed by atoms with Gasteiger partial charge in [0.15, 0.2) is 0 Å². The third-order valence-corrected chi connectivity index (χ3v) is 4.24. The largest absolute Gasteiger partial charge is 0.387 e. The van der Waals surface area contributed by atoms with Crippen LogP contribution in [-0.4, -0.2) is 14.7 Å². The highest BCUT2D eigenvalue weighted by Crippen LogP contribution is 2.27. The second kappa shape index (κ2) is 5.71. The predicted octanol–water partition coefficient (Wildman–Crippen LogP) is 3.14. The molecule has 1 heterocycles. The van der Waals surface area contributed by atoms with Crippen molar-refractivity contribution in [1.82, 2.24) is 9.59 Å². The Hall–Kier alpha value is -0.780. The summed E-state index contributed by atoms with van der Waals surface area (Å²) in [5, 5.41) is 14.2. The second-order valence-corrected chi connectivity index (χ2v) is 5.39. The predicted molar refractivity (Wildman–Crippen MR) is 72.1 cm³/mol. The fourth-order valence-electron chi connectivity index (χ4n) is 1.68. The van der Waals surface area contributed by atoms with Gasteiger partial charge in [0.1, 0.15) is 0 Å². The van der Waals surface area contributed by atoms with E-state index in [1.54, 1.807) is 0 Å². The molecule has 0 radical (unpaired) electrons. The van der Waals surface area contributed by atoms with Gasteiger partial charge in [-0.3, -0.25) is 0 Å². The first-order valence-corrected chi connectivity index (χ1v) is 7.01. The number of aliphatic hydroxyl groups excluding tert-OH is 1. The van der Waals surface area contributed by atoms with Gasteiger partial charge in [0.2, 0.25) is 0 Å². The molecule has 0 saturated carbocycles. The number of nitrogens with zero attached hydrogens (tertiary/aromatic N) is 2. The second-order valence-electron chi connectivity index (χ2n) is 3.75. The summed E-state index contributed by atoms with van der Waals surface area (Å²) in [7, 11) is 0. The van der Waals surface area contributed by atoms with Gasteiger partial charge in [-0.15, -0.1) is 5.10 Å². The number of benzene rings is 1. The number of aliphatic hydroxyl groups is 1. The van der Waals surface area contributed by atoms with Gasteiger partial charge in [0.25, 0.3) is 0 Å². The van der Waals surface area contributed by atoms with Gasteiger partial charge in [-0.1, -0.05) is 45.5 Å². The number of aromatic nitrogens is 2. The van der Waals surface area contributed by atoms with Crippen molar-refractivity contribution in [3.05, 3.63) is 44.9 Å². The average Bonchev–Trinajstić information content (AvgIpc) is 2.80. The molecule has 0 aliphatic carbocycles. The van der Waals surface area contributed by atoms with E-state index in [1.807, 2.05) is 31.2 Å². The number of halogens is 1. The van der Waals surface area contributed by atoms with Crippen molar-refractivity contribution in [2.45, 2.75) is 25.9 Å². The van der Waals surface area contributed by atoms with Crippen LogP contribution in [0.5, 0.6) is 0 Å². The monoisotopic (exact) mass is 312 g/mol. The molecule has 0 saturated heterocycles. The molecule has 0 aliphatic heterocycles. The minimum atomic E-state index is -0.524.